The molecule has 0 fully saturated rings. The molecule has 0 rings (SSSR count). The Balaban J connectivity index is 3.12. The lowest BCUT2D eigenvalue weighted by Crippen LogP contribution is -2.27. The number of nitrogens with one attached hydrogen (secondary N) is 1. The Labute approximate surface area is 145 Å². The maximum Gasteiger partial charge on any atom is 0.220 e. The van der Waals surface area contributed by atoms with Crippen molar-refractivity contribution in [2.45, 2.75) is 44.9 Å². The van der Waals surface area contributed by atoms with Crippen LogP contribution < -0.4 is 5.32 Å². The number of carbonyl (C=O) groups excluding carboxylic acids is 1. The van der Waals surface area contributed by atoms with Gasteiger partial charge < -0.3 is 29.7 Å². The number of hydrogen-bond donors (Lipinski definition) is 3. The molecule has 0 aliphatic rings. The summed E-state index contributed by atoms with van der Waals surface area (Å²) in [6.07, 6.45) is 6.75. The average molecular weight is 349 g/mol. The molecule has 0 spiro atoms. The molecule has 24 heavy (non-hydrogen) atoms. The SMILES string of the molecule is O=C(CCCCCCCCO)NCCOCCOCCOCCO. The molecule has 0 saturated carbocycles. The standard InChI is InChI=1S/C17H35NO6/c19-9-6-4-2-1-3-5-7-17(21)18-8-11-22-13-15-24-16-14-23-12-10-20/h19-20H,1-16H2,(H,18,21). The molecule has 7 nitrogen and oxygen atoms in total. The van der Waals surface area contributed by atoms with Crippen molar-refractivity contribution in [3.8, 4) is 0 Å². The monoisotopic (exact) mass is 349 g/mol. The Morgan fingerprint density at radius 3 is 1.83 bits per heavy atom. The van der Waals surface area contributed by atoms with Crippen molar-refractivity contribution in [2.75, 3.05) is 59.4 Å². The lowest BCUT2D eigenvalue weighted by atomic mass is 10.1. The summed E-state index contributed by atoms with van der Waals surface area (Å²) in [5, 5.41) is 20.0. The van der Waals surface area contributed by atoms with Gasteiger partial charge in [-0.05, 0) is 12.8 Å². The van der Waals surface area contributed by atoms with Crippen LogP contribution >= 0.6 is 0 Å². The van der Waals surface area contributed by atoms with Crippen LogP contribution in [-0.2, 0) is 19.0 Å². The van der Waals surface area contributed by atoms with Crippen molar-refractivity contribution < 1.29 is 29.2 Å². The van der Waals surface area contributed by atoms with E-state index in [-0.39, 0.29) is 19.1 Å². The first-order valence-corrected chi connectivity index (χ1v) is 9.03. The fraction of sp³-hybridized carbons (Fsp3) is 0.941. The van der Waals surface area contributed by atoms with Gasteiger partial charge in [0.05, 0.1) is 46.2 Å². The predicted molar refractivity (Wildman–Crippen MR) is 92.0 cm³/mol. The minimum Gasteiger partial charge on any atom is -0.396 e. The third kappa shape index (κ3) is 19.3. The number of rotatable bonds is 19. The van der Waals surface area contributed by atoms with Crippen LogP contribution in [0.4, 0.5) is 0 Å². The van der Waals surface area contributed by atoms with Gasteiger partial charge in [0, 0.05) is 19.6 Å². The highest BCUT2D eigenvalue weighted by Gasteiger charge is 2.00. The van der Waals surface area contributed by atoms with E-state index in [0.29, 0.717) is 52.6 Å². The van der Waals surface area contributed by atoms with Gasteiger partial charge in [-0.25, -0.2) is 0 Å². The van der Waals surface area contributed by atoms with E-state index >= 15 is 0 Å². The summed E-state index contributed by atoms with van der Waals surface area (Å²) in [6, 6.07) is 0. The van der Waals surface area contributed by atoms with Crippen LogP contribution in [0.2, 0.25) is 0 Å². The summed E-state index contributed by atoms with van der Waals surface area (Å²) in [5.41, 5.74) is 0. The molecule has 1 amide bonds. The van der Waals surface area contributed by atoms with Gasteiger partial charge in [0.1, 0.15) is 0 Å². The van der Waals surface area contributed by atoms with E-state index in [1.807, 2.05) is 0 Å². The molecule has 0 saturated heterocycles. The van der Waals surface area contributed by atoms with Gasteiger partial charge >= 0.3 is 0 Å². The Bertz CT molecular complexity index is 265. The smallest absolute Gasteiger partial charge is 0.220 e. The molecule has 0 unspecified atom stereocenters. The Kier molecular flexibility index (Phi) is 19.7. The van der Waals surface area contributed by atoms with Crippen molar-refractivity contribution in [3.63, 3.8) is 0 Å². The molecule has 0 radical (unpaired) electrons. The van der Waals surface area contributed by atoms with Crippen molar-refractivity contribution >= 4 is 5.91 Å². The van der Waals surface area contributed by atoms with Crippen molar-refractivity contribution in [3.05, 3.63) is 0 Å². The minimum absolute atomic E-state index is 0.0272. The van der Waals surface area contributed by atoms with Crippen LogP contribution in [0.25, 0.3) is 0 Å². The van der Waals surface area contributed by atoms with Crippen LogP contribution in [0.1, 0.15) is 44.9 Å². The highest BCUT2D eigenvalue weighted by Crippen LogP contribution is 2.06. The fourth-order valence-electron chi connectivity index (χ4n) is 2.06. The van der Waals surface area contributed by atoms with E-state index in [2.05, 4.69) is 5.32 Å². The molecule has 0 aromatic carbocycles. The highest BCUT2D eigenvalue weighted by molar-refractivity contribution is 5.75. The molecule has 0 aromatic heterocycles. The lowest BCUT2D eigenvalue weighted by Gasteiger charge is -2.07. The van der Waals surface area contributed by atoms with E-state index in [0.717, 1.165) is 38.5 Å². The van der Waals surface area contributed by atoms with E-state index in [1.165, 1.54) is 0 Å². The number of hydrogen-bond acceptors (Lipinski definition) is 6. The van der Waals surface area contributed by atoms with Gasteiger partial charge in [0.15, 0.2) is 0 Å². The normalized spacial score (nSPS) is 10.9. The van der Waals surface area contributed by atoms with Crippen LogP contribution in [0, 0.1) is 0 Å². The predicted octanol–water partition coefficient (Wildman–Crippen LogP) is 0.868. The van der Waals surface area contributed by atoms with Crippen LogP contribution in [0.5, 0.6) is 0 Å². The topological polar surface area (TPSA) is 97.3 Å². The zero-order valence-electron chi connectivity index (χ0n) is 14.8. The summed E-state index contributed by atoms with van der Waals surface area (Å²) in [4.78, 5) is 11.6. The molecule has 0 aliphatic carbocycles. The van der Waals surface area contributed by atoms with Crippen molar-refractivity contribution in [2.24, 2.45) is 0 Å². The minimum atomic E-state index is 0.0272. The third-order valence-corrected chi connectivity index (χ3v) is 3.36. The van der Waals surface area contributed by atoms with Gasteiger partial charge in [0.25, 0.3) is 0 Å². The zero-order chi connectivity index (χ0) is 17.7. The van der Waals surface area contributed by atoms with Gasteiger partial charge in [-0.2, -0.15) is 0 Å². The number of unbranched alkanes of at least 4 members (excludes halogenated alkanes) is 5. The molecule has 0 aromatic rings. The number of ether oxygens (including phenoxy) is 3. The van der Waals surface area contributed by atoms with E-state index in [9.17, 15) is 4.79 Å². The second-order valence-electron chi connectivity index (χ2n) is 5.51. The highest BCUT2D eigenvalue weighted by atomic mass is 16.5. The number of aliphatic hydroxyl groups is 2. The van der Waals surface area contributed by atoms with Crippen molar-refractivity contribution in [1.82, 2.24) is 5.32 Å². The second kappa shape index (κ2) is 20.3. The molecule has 0 aliphatic heterocycles. The maximum absolute atomic E-state index is 11.6. The zero-order valence-corrected chi connectivity index (χ0v) is 14.8. The van der Waals surface area contributed by atoms with Gasteiger partial charge in [-0.15, -0.1) is 0 Å². The molecule has 0 heterocycles. The second-order valence-corrected chi connectivity index (χ2v) is 5.51. The molecule has 3 N–H and O–H groups in total. The fourth-order valence-corrected chi connectivity index (χ4v) is 2.06. The molecule has 0 atom stereocenters. The first-order chi connectivity index (χ1) is 11.8. The van der Waals surface area contributed by atoms with E-state index in [4.69, 9.17) is 24.4 Å². The quantitative estimate of drug-likeness (QED) is 0.299. The number of amides is 1. The first kappa shape index (κ1) is 23.3. The van der Waals surface area contributed by atoms with Gasteiger partial charge in [-0.3, -0.25) is 4.79 Å². The molecule has 144 valence electrons. The number of aliphatic hydroxyl groups excluding tert-OH is 2. The summed E-state index contributed by atoms with van der Waals surface area (Å²) in [5.74, 6) is 0.0752. The Hall–Kier alpha value is -0.730. The molecular weight excluding hydrogens is 314 g/mol. The molecular formula is C17H35NO6. The summed E-state index contributed by atoms with van der Waals surface area (Å²) in [6.45, 7) is 3.58. The largest absolute Gasteiger partial charge is 0.396 e. The molecule has 0 bridgehead atoms. The third-order valence-electron chi connectivity index (χ3n) is 3.36. The number of carbonyl (C=O) groups is 1. The van der Waals surface area contributed by atoms with Crippen LogP contribution in [0.15, 0.2) is 0 Å². The average Bonchev–Trinajstić information content (AvgIpc) is 2.59. The molecule has 7 heteroatoms. The maximum atomic E-state index is 11.6. The Morgan fingerprint density at radius 1 is 0.667 bits per heavy atom. The summed E-state index contributed by atoms with van der Waals surface area (Å²) >= 11 is 0. The first-order valence-electron chi connectivity index (χ1n) is 9.03. The van der Waals surface area contributed by atoms with E-state index in [1.54, 1.807) is 0 Å². The van der Waals surface area contributed by atoms with Crippen molar-refractivity contribution in [1.29, 1.82) is 0 Å². The van der Waals surface area contributed by atoms with Crippen LogP contribution in [0.3, 0.4) is 0 Å². The van der Waals surface area contributed by atoms with Gasteiger partial charge in [-0.1, -0.05) is 25.7 Å². The summed E-state index contributed by atoms with van der Waals surface area (Å²) in [7, 11) is 0. The summed E-state index contributed by atoms with van der Waals surface area (Å²) < 4.78 is 15.7. The van der Waals surface area contributed by atoms with Gasteiger partial charge in [0.2, 0.25) is 5.91 Å². The van der Waals surface area contributed by atoms with E-state index < -0.39 is 0 Å². The van der Waals surface area contributed by atoms with Crippen LogP contribution in [-0.4, -0.2) is 75.5 Å². The lowest BCUT2D eigenvalue weighted by molar-refractivity contribution is -0.121. The Morgan fingerprint density at radius 2 is 1.21 bits per heavy atom.